The molecular formula is C25H29N5O6S. The lowest BCUT2D eigenvalue weighted by molar-refractivity contribution is -0.384. The molecule has 37 heavy (non-hydrogen) atoms. The van der Waals surface area contributed by atoms with Gasteiger partial charge in [0, 0.05) is 75.7 Å². The van der Waals surface area contributed by atoms with E-state index in [0.29, 0.717) is 44.8 Å². The van der Waals surface area contributed by atoms with Gasteiger partial charge in [-0.05, 0) is 30.3 Å². The molecule has 0 radical (unpaired) electrons. The third-order valence-corrected chi connectivity index (χ3v) is 8.77. The quantitative estimate of drug-likeness (QED) is 0.341. The Balaban J connectivity index is 1.59. The average molecular weight is 528 g/mol. The number of sulfonamides is 1. The topological polar surface area (TPSA) is 126 Å². The van der Waals surface area contributed by atoms with E-state index in [-0.39, 0.29) is 21.5 Å². The maximum atomic E-state index is 13.4. The zero-order chi connectivity index (χ0) is 26.9. The van der Waals surface area contributed by atoms with E-state index in [1.54, 1.807) is 48.6 Å². The highest BCUT2D eigenvalue weighted by molar-refractivity contribution is 7.89. The maximum absolute atomic E-state index is 13.4. The van der Waals surface area contributed by atoms with E-state index in [2.05, 4.69) is 0 Å². The number of pyridine rings is 1. The van der Waals surface area contributed by atoms with E-state index in [1.165, 1.54) is 34.8 Å². The number of hydrogen-bond donors (Lipinski definition) is 0. The molecule has 0 saturated carbocycles. The molecule has 1 saturated heterocycles. The van der Waals surface area contributed by atoms with Crippen LogP contribution in [0.15, 0.2) is 58.4 Å². The summed E-state index contributed by atoms with van der Waals surface area (Å²) >= 11 is 0. The molecule has 2 aromatic carbocycles. The number of amides is 1. The van der Waals surface area contributed by atoms with E-state index in [1.807, 2.05) is 4.90 Å². The average Bonchev–Trinajstić information content (AvgIpc) is 2.90. The van der Waals surface area contributed by atoms with Gasteiger partial charge in [-0.15, -0.1) is 0 Å². The van der Waals surface area contributed by atoms with Crippen LogP contribution < -0.4 is 10.3 Å². The Morgan fingerprint density at radius 2 is 1.65 bits per heavy atom. The lowest BCUT2D eigenvalue weighted by Gasteiger charge is -2.36. The molecule has 11 nitrogen and oxygen atoms in total. The summed E-state index contributed by atoms with van der Waals surface area (Å²) in [6.07, 6.45) is 1.49. The van der Waals surface area contributed by atoms with Gasteiger partial charge in [-0.25, -0.2) is 8.42 Å². The molecule has 0 unspecified atom stereocenters. The molecule has 0 spiro atoms. The minimum atomic E-state index is -3.77. The Morgan fingerprint density at radius 1 is 1.03 bits per heavy atom. The van der Waals surface area contributed by atoms with Gasteiger partial charge in [0.15, 0.2) is 0 Å². The normalized spacial score (nSPS) is 14.4. The molecule has 12 heteroatoms. The van der Waals surface area contributed by atoms with Gasteiger partial charge in [-0.3, -0.25) is 19.7 Å². The van der Waals surface area contributed by atoms with Crippen LogP contribution in [0, 0.1) is 10.1 Å². The highest BCUT2D eigenvalue weighted by Crippen LogP contribution is 2.23. The number of fused-ring (bicyclic) bond motifs is 1. The largest absolute Gasteiger partial charge is 0.368 e. The molecule has 0 bridgehead atoms. The Kier molecular flexibility index (Phi) is 7.32. The van der Waals surface area contributed by atoms with Crippen molar-refractivity contribution in [2.24, 2.45) is 7.05 Å². The predicted octanol–water partition coefficient (Wildman–Crippen LogP) is 2.44. The van der Waals surface area contributed by atoms with Crippen molar-refractivity contribution in [2.75, 3.05) is 44.2 Å². The van der Waals surface area contributed by atoms with E-state index in [4.69, 9.17) is 0 Å². The van der Waals surface area contributed by atoms with Crippen molar-refractivity contribution in [1.29, 1.82) is 0 Å². The van der Waals surface area contributed by atoms with Gasteiger partial charge >= 0.3 is 0 Å². The van der Waals surface area contributed by atoms with Gasteiger partial charge in [0.2, 0.25) is 15.5 Å². The molecule has 1 aliphatic rings. The highest BCUT2D eigenvalue weighted by Gasteiger charge is 2.27. The van der Waals surface area contributed by atoms with E-state index in [9.17, 15) is 28.1 Å². The summed E-state index contributed by atoms with van der Waals surface area (Å²) in [4.78, 5) is 40.8. The number of nitro groups is 1. The number of aromatic nitrogens is 1. The van der Waals surface area contributed by atoms with Crippen molar-refractivity contribution in [3.8, 4) is 0 Å². The first-order chi connectivity index (χ1) is 17.6. The Labute approximate surface area is 214 Å². The SMILES string of the molecule is CCN(CC)S(=O)(=O)c1ccc2c(c1)c(=O)c(C(=O)N1CCN(c3ccc([N+](=O)[O-])cc3)CC1)cn2C. The Hall–Kier alpha value is -3.77. The molecule has 1 amide bonds. The molecule has 1 fully saturated rings. The number of hydrogen-bond acceptors (Lipinski definition) is 7. The van der Waals surface area contributed by atoms with Crippen LogP contribution in [0.3, 0.4) is 0 Å². The summed E-state index contributed by atoms with van der Waals surface area (Å²) in [5.74, 6) is -0.414. The Bertz CT molecular complexity index is 1510. The first-order valence-corrected chi connectivity index (χ1v) is 13.4. The zero-order valence-corrected chi connectivity index (χ0v) is 21.8. The predicted molar refractivity (Wildman–Crippen MR) is 141 cm³/mol. The van der Waals surface area contributed by atoms with Crippen molar-refractivity contribution in [2.45, 2.75) is 18.7 Å². The molecule has 4 rings (SSSR count). The van der Waals surface area contributed by atoms with Crippen LogP contribution in [-0.2, 0) is 17.1 Å². The van der Waals surface area contributed by atoms with Crippen molar-refractivity contribution < 1.29 is 18.1 Å². The molecule has 0 atom stereocenters. The number of piperazine rings is 1. The fourth-order valence-electron chi connectivity index (χ4n) is 4.62. The third-order valence-electron chi connectivity index (χ3n) is 6.73. The molecule has 1 aliphatic heterocycles. The van der Waals surface area contributed by atoms with Gasteiger partial charge in [0.1, 0.15) is 5.56 Å². The number of carbonyl (C=O) groups is 1. The number of aryl methyl sites for hydroxylation is 1. The smallest absolute Gasteiger partial charge is 0.269 e. The van der Waals surface area contributed by atoms with E-state index >= 15 is 0 Å². The number of rotatable bonds is 7. The van der Waals surface area contributed by atoms with Crippen molar-refractivity contribution >= 4 is 38.2 Å². The zero-order valence-electron chi connectivity index (χ0n) is 21.0. The van der Waals surface area contributed by atoms with Crippen LogP contribution >= 0.6 is 0 Å². The fourth-order valence-corrected chi connectivity index (χ4v) is 6.10. The number of non-ortho nitro benzene ring substituents is 1. The summed E-state index contributed by atoms with van der Waals surface area (Å²) in [7, 11) is -2.06. The number of nitrogens with zero attached hydrogens (tertiary/aromatic N) is 5. The van der Waals surface area contributed by atoms with Crippen LogP contribution in [0.4, 0.5) is 11.4 Å². The molecule has 0 aliphatic carbocycles. The monoisotopic (exact) mass is 527 g/mol. The third kappa shape index (κ3) is 4.94. The number of benzene rings is 2. The summed E-state index contributed by atoms with van der Waals surface area (Å²) in [5, 5.41) is 11.1. The van der Waals surface area contributed by atoms with Crippen LogP contribution in [0.5, 0.6) is 0 Å². The second-order valence-corrected chi connectivity index (χ2v) is 10.7. The van der Waals surface area contributed by atoms with E-state index in [0.717, 1.165) is 5.69 Å². The molecule has 0 N–H and O–H groups in total. The van der Waals surface area contributed by atoms with Gasteiger partial charge in [0.25, 0.3) is 11.6 Å². The molecular weight excluding hydrogens is 498 g/mol. The van der Waals surface area contributed by atoms with Crippen molar-refractivity contribution in [3.63, 3.8) is 0 Å². The molecule has 1 aromatic heterocycles. The number of anilines is 1. The van der Waals surface area contributed by atoms with Crippen LogP contribution in [0.2, 0.25) is 0 Å². The Morgan fingerprint density at radius 3 is 2.22 bits per heavy atom. The lowest BCUT2D eigenvalue weighted by atomic mass is 10.1. The van der Waals surface area contributed by atoms with Crippen LogP contribution in [0.1, 0.15) is 24.2 Å². The van der Waals surface area contributed by atoms with Crippen molar-refractivity contribution in [1.82, 2.24) is 13.8 Å². The molecule has 196 valence electrons. The van der Waals surface area contributed by atoms with Gasteiger partial charge < -0.3 is 14.4 Å². The minimum Gasteiger partial charge on any atom is -0.368 e. The fraction of sp³-hybridized carbons (Fsp3) is 0.360. The van der Waals surface area contributed by atoms with Gasteiger partial charge in [0.05, 0.1) is 15.3 Å². The summed E-state index contributed by atoms with van der Waals surface area (Å²) in [5.41, 5.74) is 0.839. The standard InChI is InChI=1S/C25H29N5O6S/c1-4-29(5-2)37(35,36)20-10-11-23-21(16-20)24(31)22(17-26(23)3)25(32)28-14-12-27(13-15-28)18-6-8-19(9-7-18)30(33)34/h6-11,16-17H,4-5,12-15H2,1-3H3. The van der Waals surface area contributed by atoms with Crippen LogP contribution in [-0.4, -0.2) is 72.3 Å². The molecule has 3 aromatic rings. The first-order valence-electron chi connectivity index (χ1n) is 12.0. The summed E-state index contributed by atoms with van der Waals surface area (Å²) in [6, 6.07) is 10.7. The van der Waals surface area contributed by atoms with Gasteiger partial charge in [-0.2, -0.15) is 4.31 Å². The van der Waals surface area contributed by atoms with Crippen molar-refractivity contribution in [3.05, 3.63) is 74.6 Å². The van der Waals surface area contributed by atoms with Crippen LogP contribution in [0.25, 0.3) is 10.9 Å². The number of carbonyl (C=O) groups excluding carboxylic acids is 1. The second-order valence-electron chi connectivity index (χ2n) is 8.80. The maximum Gasteiger partial charge on any atom is 0.269 e. The molecule has 2 heterocycles. The van der Waals surface area contributed by atoms with E-state index < -0.39 is 26.3 Å². The number of nitro benzene ring substituents is 1. The second kappa shape index (κ2) is 10.3. The first kappa shape index (κ1) is 26.3. The lowest BCUT2D eigenvalue weighted by Crippen LogP contribution is -2.49. The van der Waals surface area contributed by atoms with Gasteiger partial charge in [-0.1, -0.05) is 13.8 Å². The minimum absolute atomic E-state index is 0.0118. The highest BCUT2D eigenvalue weighted by atomic mass is 32.2. The summed E-state index contributed by atoms with van der Waals surface area (Å²) < 4.78 is 29.0. The summed E-state index contributed by atoms with van der Waals surface area (Å²) in [6.45, 7) is 5.85.